The van der Waals surface area contributed by atoms with Crippen LogP contribution in [0.5, 0.6) is 5.75 Å². The second-order valence-corrected chi connectivity index (χ2v) is 8.79. The minimum atomic E-state index is -4.71. The van der Waals surface area contributed by atoms with Gasteiger partial charge >= 0.3 is 6.36 Å². The van der Waals surface area contributed by atoms with Gasteiger partial charge in [0.1, 0.15) is 17.4 Å². The number of ether oxygens (including phenoxy) is 1. The standard InChI is InChI=1S/C24H21F3N4O2/c1-29-20-5-3-2-4-18(20)21(19(12-28)22(29)32)31-14-23(15-31)10-11-30(13-23)16-6-8-17(9-7-16)33-24(25,26)27/h2-9H,10-11,13-15H2,1H3. The zero-order valence-corrected chi connectivity index (χ0v) is 17.9. The van der Waals surface area contributed by atoms with E-state index in [1.54, 1.807) is 19.2 Å². The molecule has 0 bridgehead atoms. The summed E-state index contributed by atoms with van der Waals surface area (Å²) >= 11 is 0. The molecular formula is C24H21F3N4O2. The minimum absolute atomic E-state index is 0.00997. The molecule has 2 aromatic carbocycles. The van der Waals surface area contributed by atoms with Crippen molar-refractivity contribution in [2.24, 2.45) is 12.5 Å². The first-order chi connectivity index (χ1) is 15.7. The number of alkyl halides is 3. The van der Waals surface area contributed by atoms with Gasteiger partial charge < -0.3 is 19.1 Å². The summed E-state index contributed by atoms with van der Waals surface area (Å²) < 4.78 is 42.6. The van der Waals surface area contributed by atoms with Gasteiger partial charge in [-0.05, 0) is 36.8 Å². The van der Waals surface area contributed by atoms with Crippen molar-refractivity contribution in [3.8, 4) is 11.8 Å². The maximum Gasteiger partial charge on any atom is 0.573 e. The van der Waals surface area contributed by atoms with Gasteiger partial charge in [0.15, 0.2) is 0 Å². The van der Waals surface area contributed by atoms with E-state index in [-0.39, 0.29) is 22.3 Å². The second kappa shape index (κ2) is 7.44. The summed E-state index contributed by atoms with van der Waals surface area (Å²) in [6.07, 6.45) is -3.78. The molecule has 0 unspecified atom stereocenters. The normalized spacial score (nSPS) is 17.3. The Morgan fingerprint density at radius 1 is 1.03 bits per heavy atom. The maximum atomic E-state index is 12.8. The topological polar surface area (TPSA) is 61.5 Å². The first-order valence-corrected chi connectivity index (χ1v) is 10.6. The zero-order chi connectivity index (χ0) is 23.4. The lowest BCUT2D eigenvalue weighted by Crippen LogP contribution is -2.58. The van der Waals surface area contributed by atoms with E-state index >= 15 is 0 Å². The molecule has 0 radical (unpaired) electrons. The molecule has 5 rings (SSSR count). The van der Waals surface area contributed by atoms with Crippen LogP contribution in [0.3, 0.4) is 0 Å². The molecule has 6 nitrogen and oxygen atoms in total. The highest BCUT2D eigenvalue weighted by molar-refractivity contribution is 5.95. The number of anilines is 2. The van der Waals surface area contributed by atoms with Crippen molar-refractivity contribution in [1.29, 1.82) is 5.26 Å². The van der Waals surface area contributed by atoms with Crippen LogP contribution >= 0.6 is 0 Å². The van der Waals surface area contributed by atoms with E-state index in [4.69, 9.17) is 0 Å². The van der Waals surface area contributed by atoms with E-state index in [2.05, 4.69) is 20.6 Å². The highest BCUT2D eigenvalue weighted by atomic mass is 19.4. The molecule has 2 fully saturated rings. The molecule has 0 atom stereocenters. The van der Waals surface area contributed by atoms with E-state index < -0.39 is 6.36 Å². The number of hydrogen-bond donors (Lipinski definition) is 0. The van der Waals surface area contributed by atoms with Crippen LogP contribution in [0.15, 0.2) is 53.3 Å². The third-order valence-electron chi connectivity index (χ3n) is 6.63. The number of hydrogen-bond acceptors (Lipinski definition) is 5. The van der Waals surface area contributed by atoms with Crippen molar-refractivity contribution in [2.45, 2.75) is 12.8 Å². The molecule has 3 heterocycles. The average Bonchev–Trinajstić information content (AvgIpc) is 3.20. The van der Waals surface area contributed by atoms with Gasteiger partial charge in [-0.2, -0.15) is 5.26 Å². The number of aromatic nitrogens is 1. The molecule has 1 aromatic heterocycles. The first kappa shape index (κ1) is 21.2. The number of halogens is 3. The van der Waals surface area contributed by atoms with E-state index in [0.717, 1.165) is 36.1 Å². The summed E-state index contributed by atoms with van der Waals surface area (Å²) in [7, 11) is 1.67. The van der Waals surface area contributed by atoms with Gasteiger partial charge in [0.2, 0.25) is 0 Å². The molecule has 3 aromatic rings. The number of rotatable bonds is 3. The Bertz CT molecular complexity index is 1320. The predicted molar refractivity (Wildman–Crippen MR) is 119 cm³/mol. The minimum Gasteiger partial charge on any atom is -0.406 e. The Morgan fingerprint density at radius 3 is 2.36 bits per heavy atom. The monoisotopic (exact) mass is 454 g/mol. The van der Waals surface area contributed by atoms with Gasteiger partial charge in [-0.1, -0.05) is 18.2 Å². The highest BCUT2D eigenvalue weighted by Crippen LogP contribution is 2.45. The van der Waals surface area contributed by atoms with E-state index in [9.17, 15) is 23.2 Å². The van der Waals surface area contributed by atoms with Crippen LogP contribution in [0.2, 0.25) is 0 Å². The lowest BCUT2D eigenvalue weighted by atomic mass is 9.78. The van der Waals surface area contributed by atoms with Crippen molar-refractivity contribution >= 4 is 22.3 Å². The van der Waals surface area contributed by atoms with Gasteiger partial charge in [-0.15, -0.1) is 13.2 Å². The molecule has 33 heavy (non-hydrogen) atoms. The molecule has 0 amide bonds. The summed E-state index contributed by atoms with van der Waals surface area (Å²) in [6.45, 7) is 2.97. The fraction of sp³-hybridized carbons (Fsp3) is 0.333. The molecule has 0 saturated carbocycles. The summed E-state index contributed by atoms with van der Waals surface area (Å²) in [6, 6.07) is 15.6. The molecule has 2 saturated heterocycles. The van der Waals surface area contributed by atoms with E-state index in [1.807, 2.05) is 24.3 Å². The number of para-hydroxylation sites is 1. The summed E-state index contributed by atoms with van der Waals surface area (Å²) in [5.74, 6) is -0.239. The summed E-state index contributed by atoms with van der Waals surface area (Å²) in [4.78, 5) is 17.0. The molecule has 1 spiro atoms. The lowest BCUT2D eigenvalue weighted by molar-refractivity contribution is -0.274. The molecule has 2 aliphatic heterocycles. The van der Waals surface area contributed by atoms with E-state index in [1.165, 1.54) is 16.7 Å². The largest absolute Gasteiger partial charge is 0.573 e. The second-order valence-electron chi connectivity index (χ2n) is 8.79. The number of nitrogens with zero attached hydrogens (tertiary/aromatic N) is 4. The molecule has 9 heteroatoms. The van der Waals surface area contributed by atoms with Crippen LogP contribution in [0.4, 0.5) is 24.5 Å². The number of nitriles is 1. The lowest BCUT2D eigenvalue weighted by Gasteiger charge is -2.50. The highest BCUT2D eigenvalue weighted by Gasteiger charge is 2.48. The quantitative estimate of drug-likeness (QED) is 0.598. The third-order valence-corrected chi connectivity index (χ3v) is 6.63. The molecule has 0 N–H and O–H groups in total. The van der Waals surface area contributed by atoms with Crippen LogP contribution < -0.4 is 20.1 Å². The van der Waals surface area contributed by atoms with Gasteiger partial charge in [0.25, 0.3) is 5.56 Å². The SMILES string of the molecule is Cn1c(=O)c(C#N)c(N2CC3(CCN(c4ccc(OC(F)(F)F)cc4)C3)C2)c2ccccc21. The number of aryl methyl sites for hydroxylation is 1. The Hall–Kier alpha value is -3.67. The third kappa shape index (κ3) is 3.65. The molecule has 0 aliphatic carbocycles. The van der Waals surface area contributed by atoms with Crippen LogP contribution in [0.1, 0.15) is 12.0 Å². The molecule has 170 valence electrons. The molecular weight excluding hydrogens is 433 g/mol. The first-order valence-electron chi connectivity index (χ1n) is 10.6. The van der Waals surface area contributed by atoms with Crippen molar-refractivity contribution in [3.63, 3.8) is 0 Å². The van der Waals surface area contributed by atoms with Gasteiger partial charge in [-0.25, -0.2) is 0 Å². The van der Waals surface area contributed by atoms with Crippen LogP contribution in [0.25, 0.3) is 10.9 Å². The van der Waals surface area contributed by atoms with E-state index in [0.29, 0.717) is 18.8 Å². The average molecular weight is 454 g/mol. The summed E-state index contributed by atoms with van der Waals surface area (Å²) in [5, 5.41) is 10.6. The molecule has 2 aliphatic rings. The predicted octanol–water partition coefficient (Wildman–Crippen LogP) is 4.03. The summed E-state index contributed by atoms with van der Waals surface area (Å²) in [5.41, 5.74) is 2.18. The Labute approximate surface area is 188 Å². The zero-order valence-electron chi connectivity index (χ0n) is 17.9. The van der Waals surface area contributed by atoms with Crippen molar-refractivity contribution in [2.75, 3.05) is 36.0 Å². The Morgan fingerprint density at radius 2 is 1.70 bits per heavy atom. The Kier molecular flexibility index (Phi) is 4.78. The fourth-order valence-electron chi connectivity index (χ4n) is 5.10. The van der Waals surface area contributed by atoms with Crippen LogP contribution in [-0.4, -0.2) is 37.1 Å². The fourth-order valence-corrected chi connectivity index (χ4v) is 5.10. The van der Waals surface area contributed by atoms with Crippen molar-refractivity contribution < 1.29 is 17.9 Å². The number of benzene rings is 2. The number of fused-ring (bicyclic) bond motifs is 1. The Balaban J connectivity index is 1.35. The van der Waals surface area contributed by atoms with Gasteiger partial charge in [0.05, 0.1) is 11.2 Å². The number of pyridine rings is 1. The maximum absolute atomic E-state index is 12.8. The van der Waals surface area contributed by atoms with Crippen molar-refractivity contribution in [3.05, 3.63) is 64.4 Å². The smallest absolute Gasteiger partial charge is 0.406 e. The van der Waals surface area contributed by atoms with Gasteiger partial charge in [0, 0.05) is 49.7 Å². The van der Waals surface area contributed by atoms with Crippen molar-refractivity contribution in [1.82, 2.24) is 4.57 Å². The van der Waals surface area contributed by atoms with Crippen LogP contribution in [0, 0.1) is 16.7 Å². The van der Waals surface area contributed by atoms with Crippen LogP contribution in [-0.2, 0) is 7.05 Å². The van der Waals surface area contributed by atoms with Gasteiger partial charge in [-0.3, -0.25) is 4.79 Å².